The molecule has 5 aliphatic heterocycles. The van der Waals surface area contributed by atoms with Crippen molar-refractivity contribution >= 4 is 74.5 Å². The van der Waals surface area contributed by atoms with E-state index in [0.29, 0.717) is 108 Å². The fraction of sp³-hybridized carbons (Fsp3) is 0.495. The smallest absolute Gasteiger partial charge is 0.309 e. The van der Waals surface area contributed by atoms with Crippen molar-refractivity contribution in [2.24, 2.45) is 11.7 Å². The van der Waals surface area contributed by atoms with Gasteiger partial charge in [-0.05, 0) is 201 Å². The third-order valence-electron chi connectivity index (χ3n) is 25.8. The van der Waals surface area contributed by atoms with Crippen molar-refractivity contribution in [3.63, 3.8) is 0 Å². The lowest BCUT2D eigenvalue weighted by Gasteiger charge is -2.40. The first-order valence-electron chi connectivity index (χ1n) is 47.0. The number of morpholine rings is 1. The molecule has 690 valence electrons. The molecule has 5 aromatic carbocycles. The van der Waals surface area contributed by atoms with Crippen LogP contribution in [0.2, 0.25) is 5.02 Å². The molecule has 25 nitrogen and oxygen atoms in total. The van der Waals surface area contributed by atoms with Gasteiger partial charge in [0.2, 0.25) is 5.78 Å². The van der Waals surface area contributed by atoms with Crippen molar-refractivity contribution in [3.05, 3.63) is 214 Å². The summed E-state index contributed by atoms with van der Waals surface area (Å²) in [7, 11) is 3.34. The number of nitrogens with two attached hydrogens (primary N) is 1. The zero-order valence-electron chi connectivity index (χ0n) is 77.8. The lowest BCUT2D eigenvalue weighted by molar-refractivity contribution is -0.154. The molecule has 3 saturated heterocycles. The maximum Gasteiger partial charge on any atom is 0.309 e. The molecule has 130 heavy (non-hydrogen) atoms. The first-order chi connectivity index (χ1) is 63.1. The second kappa shape index (κ2) is 46.2. The molecule has 10 aromatic rings. The van der Waals surface area contributed by atoms with Gasteiger partial charge in [0.25, 0.3) is 11.1 Å². The standard InChI is InChI=1S/C26H37N3O2.C22H31N3O3S.C20H21ClN4O.C18H18O2.C17H24N6O/c1-3-31-25-16-21-20-11-5-6-12-23(20)28-26(22(21)17-24(25)30-2)19(18-27)10-9-15-29-13-7-4-8-14-29;1-5-28-19-13-17-16(12-18(19)26-4)21(24-15-22(17,2)3)20(14-23)29-11-8-25-6-9-27-10-7-25;1-3-25-19-15(8-7-12(2)24-19)18(13-5-4-6-14(21)11-13)16(20(25)26)9-10-17(22)23;19-18-16(11-14-7-3-1-4-8-14)12-17(13-20-18)15-9-5-2-6-10-15;1-4-9-22-16(24)12-15(19-14(18-12)11-7-5-6-8-11)23-17(22)20-13(21-23)10(2)3/h16-17,20,23,28H,3-15H2,1-2H3;12-13,24H,5-11,15H2,1-4H3;4-8,11H,3,9-10H2,1-2H3,(H3,22,23);1-10,16-17H,11-13H2;10-11H,4-9H2,1-3H3,(H,18,19)/b26-19-;21-20-;;;. The summed E-state index contributed by atoms with van der Waals surface area (Å²) in [4.78, 5) is 61.0. The summed E-state index contributed by atoms with van der Waals surface area (Å²) in [5.74, 6) is 7.57. The normalized spacial score (nSPS) is 19.1. The molecule has 10 heterocycles. The van der Waals surface area contributed by atoms with Crippen molar-refractivity contribution in [1.29, 1.82) is 15.9 Å². The Morgan fingerprint density at radius 2 is 1.41 bits per heavy atom. The maximum absolute atomic E-state index is 13.2. The number of H-pyrrole nitrogens is 1. The van der Waals surface area contributed by atoms with Crippen LogP contribution >= 0.6 is 23.4 Å². The number of esters is 1. The lowest BCUT2D eigenvalue weighted by atomic mass is 9.74. The van der Waals surface area contributed by atoms with Gasteiger partial charge in [-0.2, -0.15) is 20.0 Å². The molecule has 0 spiro atoms. The van der Waals surface area contributed by atoms with E-state index in [0.717, 1.165) is 187 Å². The molecule has 17 rings (SSSR count). The SMILES string of the molecule is CCCn1c(=O)c2[nH]c(C3CCCC3)nc2n2nc(C(C)C)nc12.CCOc1cc2c(cc1OC)/C(=C(/C#N)CCCN1CCCCC1)NC1CCCCC21.CCOc1cc2c(cc1OC)/C(=C(\C#N)SCCN1CCOCC1)NCC2(C)C.CCn1c(=O)c(CCC(=N)N)c(-c2cccc(Cl)c2)c2ccc(C)nc21.O=C1OCC(c2ccccc2)CC1Cc1ccccc1. The highest BCUT2D eigenvalue weighted by molar-refractivity contribution is 8.03. The quantitative estimate of drug-likeness (QED) is 0.0146. The number of carbonyl (C=O) groups excluding carboxylic acids is 1. The zero-order chi connectivity index (χ0) is 92.0. The fourth-order valence-electron chi connectivity index (χ4n) is 19.0. The number of nitriles is 2. The van der Waals surface area contributed by atoms with Gasteiger partial charge in [-0.15, -0.1) is 16.9 Å². The minimum Gasteiger partial charge on any atom is -0.493 e. The number of methoxy groups -OCH3 is 2. The summed E-state index contributed by atoms with van der Waals surface area (Å²) in [6.07, 6.45) is 18.7. The first kappa shape index (κ1) is 96.6. The number of nitrogens with zero attached hydrogens (tertiary/aromatic N) is 11. The summed E-state index contributed by atoms with van der Waals surface area (Å²) >= 11 is 7.81. The van der Waals surface area contributed by atoms with Crippen LogP contribution in [0.1, 0.15) is 238 Å². The minimum atomic E-state index is -0.0886. The van der Waals surface area contributed by atoms with Gasteiger partial charge in [0, 0.05) is 125 Å². The average Bonchev–Trinajstić information content (AvgIpc) is 1.16. The molecule has 2 aliphatic carbocycles. The van der Waals surface area contributed by atoms with Gasteiger partial charge in [-0.1, -0.05) is 151 Å². The highest BCUT2D eigenvalue weighted by atomic mass is 35.5. The molecule has 2 saturated carbocycles. The number of aromatic nitrogens is 8. The van der Waals surface area contributed by atoms with Gasteiger partial charge in [0.1, 0.15) is 22.4 Å². The molecule has 0 amide bonds. The number of piperidine rings is 1. The number of nitrogens with one attached hydrogen (secondary N) is 4. The highest BCUT2D eigenvalue weighted by Crippen LogP contribution is 2.48. The maximum atomic E-state index is 13.2. The van der Waals surface area contributed by atoms with Crippen molar-refractivity contribution in [3.8, 4) is 46.3 Å². The van der Waals surface area contributed by atoms with E-state index >= 15 is 0 Å². The van der Waals surface area contributed by atoms with E-state index in [-0.39, 0.29) is 40.2 Å². The lowest BCUT2D eigenvalue weighted by Crippen LogP contribution is -2.41. The topological polar surface area (TPSA) is 316 Å². The Bertz CT molecular complexity index is 5830. The van der Waals surface area contributed by atoms with E-state index in [1.54, 1.807) is 45.7 Å². The van der Waals surface area contributed by atoms with Crippen molar-refractivity contribution in [1.82, 2.24) is 59.1 Å². The van der Waals surface area contributed by atoms with E-state index in [2.05, 4.69) is 130 Å². The fourth-order valence-corrected chi connectivity index (χ4v) is 20.1. The Morgan fingerprint density at radius 3 is 2.08 bits per heavy atom. The Balaban J connectivity index is 0.000000139. The number of carbonyl (C=O) groups is 1. The van der Waals surface area contributed by atoms with E-state index in [9.17, 15) is 24.9 Å². The number of hydrogen-bond acceptors (Lipinski definition) is 21. The van der Waals surface area contributed by atoms with Gasteiger partial charge in [-0.25, -0.2) is 9.97 Å². The summed E-state index contributed by atoms with van der Waals surface area (Å²) in [6, 6.07) is 45.6. The Morgan fingerprint density at radius 1 is 0.715 bits per heavy atom. The number of allylic oxidation sites excluding steroid dienone is 2. The van der Waals surface area contributed by atoms with E-state index in [1.165, 1.54) is 86.7 Å². The van der Waals surface area contributed by atoms with Gasteiger partial charge in [-0.3, -0.25) is 33.8 Å². The number of cyclic esters (lactones) is 1. The molecule has 0 bridgehead atoms. The van der Waals surface area contributed by atoms with Crippen LogP contribution in [0.4, 0.5) is 0 Å². The number of ether oxygens (including phenoxy) is 6. The van der Waals surface area contributed by atoms with Gasteiger partial charge in [0.05, 0.1) is 82.0 Å². The van der Waals surface area contributed by atoms with Crippen LogP contribution in [-0.4, -0.2) is 165 Å². The molecular weight excluding hydrogens is 1670 g/mol. The molecular formula is C103H131ClN16O9S. The van der Waals surface area contributed by atoms with Gasteiger partial charge in [0.15, 0.2) is 40.0 Å². The number of aryl methyl sites for hydroxylation is 3. The van der Waals surface area contributed by atoms with Crippen LogP contribution in [0.3, 0.4) is 0 Å². The summed E-state index contributed by atoms with van der Waals surface area (Å²) in [5, 5.41) is 41.0. The predicted molar refractivity (Wildman–Crippen MR) is 520 cm³/mol. The Hall–Kier alpha value is -11.0. The molecule has 4 unspecified atom stereocenters. The van der Waals surface area contributed by atoms with Crippen LogP contribution in [0.5, 0.6) is 23.0 Å². The number of benzene rings is 5. The van der Waals surface area contributed by atoms with Crippen LogP contribution < -0.4 is 46.4 Å². The Labute approximate surface area is 774 Å². The summed E-state index contributed by atoms with van der Waals surface area (Å²) in [5.41, 5.74) is 20.3. The number of thioether (sulfide) groups is 1. The number of pyridine rings is 2. The number of rotatable bonds is 26. The highest BCUT2D eigenvalue weighted by Gasteiger charge is 2.38. The third kappa shape index (κ3) is 23.5. The van der Waals surface area contributed by atoms with Crippen molar-refractivity contribution in [2.75, 3.05) is 98.8 Å². The molecule has 5 aromatic heterocycles. The molecule has 5 fully saturated rings. The summed E-state index contributed by atoms with van der Waals surface area (Å²) < 4.78 is 38.9. The van der Waals surface area contributed by atoms with Gasteiger partial charge >= 0.3 is 5.97 Å². The largest absolute Gasteiger partial charge is 0.493 e. The molecule has 27 heteroatoms. The molecule has 0 radical (unpaired) electrons. The number of likely N-dealkylation sites (tertiary alicyclic amines) is 1. The molecule has 7 aliphatic rings. The minimum absolute atomic E-state index is 0.0312. The van der Waals surface area contributed by atoms with Gasteiger partial charge < -0.3 is 54.7 Å². The van der Waals surface area contributed by atoms with E-state index in [1.807, 2.05) is 100 Å². The second-order valence-corrected chi connectivity index (χ2v) is 37.2. The average molecular weight is 1800 g/mol. The summed E-state index contributed by atoms with van der Waals surface area (Å²) in [6.45, 7) is 30.0. The van der Waals surface area contributed by atoms with Crippen molar-refractivity contribution < 1.29 is 33.2 Å². The van der Waals surface area contributed by atoms with E-state index in [4.69, 9.17) is 56.1 Å². The number of aromatic amines is 1. The zero-order valence-corrected chi connectivity index (χ0v) is 79.4. The third-order valence-corrected chi connectivity index (χ3v) is 27.0. The van der Waals surface area contributed by atoms with Crippen molar-refractivity contribution in [2.45, 2.75) is 226 Å². The number of halogens is 1. The van der Waals surface area contributed by atoms with E-state index < -0.39 is 0 Å². The monoisotopic (exact) mass is 1800 g/mol. The number of hydrogen-bond donors (Lipinski definition) is 5. The number of amidine groups is 1. The molecule has 4 atom stereocenters. The Kier molecular flexibility index (Phi) is 34.3. The predicted octanol–water partition coefficient (Wildman–Crippen LogP) is 18.9. The van der Waals surface area contributed by atoms with Crippen LogP contribution in [0.15, 0.2) is 141 Å². The number of imidazole rings is 1. The van der Waals surface area contributed by atoms with Crippen LogP contribution in [0, 0.1) is 40.9 Å². The second-order valence-electron chi connectivity index (χ2n) is 35.7. The molecule has 6 N–H and O–H groups in total. The number of fused-ring (bicyclic) bond motifs is 8. The first-order valence-corrected chi connectivity index (χ1v) is 48.4. The van der Waals surface area contributed by atoms with Crippen LogP contribution in [0.25, 0.3) is 50.5 Å². The van der Waals surface area contributed by atoms with Crippen LogP contribution in [-0.2, 0) is 45.6 Å².